The number of rotatable bonds is 2. The average Bonchev–Trinajstić information content (AvgIpc) is 2.54. The lowest BCUT2D eigenvalue weighted by molar-refractivity contribution is -0.116. The smallest absolute Gasteiger partial charge is 0.243 e. The monoisotopic (exact) mass is 355 g/mol. The molecule has 0 saturated carbocycles. The molecule has 1 fully saturated rings. The Hall–Kier alpha value is -1.09. The number of thioether (sulfide) groups is 1. The highest BCUT2D eigenvalue weighted by Gasteiger charge is 2.29. The molecule has 8 heteroatoms. The number of piperazine rings is 1. The molecule has 0 aliphatic carbocycles. The molecule has 1 saturated heterocycles. The molecule has 3 rings (SSSR count). The summed E-state index contributed by atoms with van der Waals surface area (Å²) in [5.74, 6) is 0.776. The molecule has 1 amide bonds. The Kier molecular flexibility index (Phi) is 4.68. The third-order valence-corrected chi connectivity index (χ3v) is 7.21. The Morgan fingerprint density at radius 1 is 1.13 bits per heavy atom. The maximum Gasteiger partial charge on any atom is 0.243 e. The summed E-state index contributed by atoms with van der Waals surface area (Å²) in [6.45, 7) is 4.60. The van der Waals surface area contributed by atoms with E-state index in [9.17, 15) is 13.2 Å². The number of amides is 1. The second-order valence-electron chi connectivity index (χ2n) is 5.86. The van der Waals surface area contributed by atoms with Gasteiger partial charge < -0.3 is 9.80 Å². The SMILES string of the molecule is CC(=O)N1CCSc2ccc(S(=O)(=O)N3CCN(C)CC3)cc21. The van der Waals surface area contributed by atoms with Crippen LogP contribution in [0.15, 0.2) is 28.0 Å². The van der Waals surface area contributed by atoms with Crippen LogP contribution in [0, 0.1) is 0 Å². The van der Waals surface area contributed by atoms with Gasteiger partial charge >= 0.3 is 0 Å². The van der Waals surface area contributed by atoms with Crippen molar-refractivity contribution < 1.29 is 13.2 Å². The van der Waals surface area contributed by atoms with E-state index in [-0.39, 0.29) is 10.8 Å². The number of nitrogens with zero attached hydrogens (tertiary/aromatic N) is 3. The molecular weight excluding hydrogens is 334 g/mol. The van der Waals surface area contributed by atoms with Gasteiger partial charge in [-0.3, -0.25) is 4.79 Å². The first kappa shape index (κ1) is 16.8. The van der Waals surface area contributed by atoms with Gasteiger partial charge in [0.15, 0.2) is 0 Å². The van der Waals surface area contributed by atoms with Gasteiger partial charge in [-0.25, -0.2) is 8.42 Å². The van der Waals surface area contributed by atoms with Gasteiger partial charge in [-0.15, -0.1) is 11.8 Å². The van der Waals surface area contributed by atoms with Crippen LogP contribution in [-0.4, -0.2) is 69.1 Å². The van der Waals surface area contributed by atoms with Gasteiger partial charge in [0, 0.05) is 50.3 Å². The third-order valence-electron chi connectivity index (χ3n) is 4.27. The fourth-order valence-electron chi connectivity index (χ4n) is 2.86. The molecule has 2 aliphatic heterocycles. The fraction of sp³-hybridized carbons (Fsp3) is 0.533. The zero-order valence-electron chi connectivity index (χ0n) is 13.4. The lowest BCUT2D eigenvalue weighted by Gasteiger charge is -2.32. The van der Waals surface area contributed by atoms with E-state index in [1.165, 1.54) is 11.2 Å². The highest BCUT2D eigenvalue weighted by Crippen LogP contribution is 2.37. The number of fused-ring (bicyclic) bond motifs is 1. The number of sulfonamides is 1. The first-order valence-electron chi connectivity index (χ1n) is 7.63. The van der Waals surface area contributed by atoms with Gasteiger partial charge in [0.05, 0.1) is 10.6 Å². The minimum Gasteiger partial charge on any atom is -0.311 e. The molecule has 2 heterocycles. The van der Waals surface area contributed by atoms with Crippen molar-refractivity contribution >= 4 is 33.4 Å². The second kappa shape index (κ2) is 6.43. The molecule has 0 atom stereocenters. The number of carbonyl (C=O) groups is 1. The van der Waals surface area contributed by atoms with Crippen molar-refractivity contribution in [2.45, 2.75) is 16.7 Å². The standard InChI is InChI=1S/C15H21N3O3S2/c1-12(19)18-9-10-22-15-4-3-13(11-14(15)18)23(20,21)17-7-5-16(2)6-8-17/h3-4,11H,5-10H2,1-2H3. The predicted octanol–water partition coefficient (Wildman–Crippen LogP) is 1.08. The molecule has 6 nitrogen and oxygen atoms in total. The number of hydrogen-bond acceptors (Lipinski definition) is 5. The molecule has 2 aliphatic rings. The first-order chi connectivity index (χ1) is 10.9. The molecule has 0 radical (unpaired) electrons. The number of anilines is 1. The van der Waals surface area contributed by atoms with Crippen LogP contribution in [0.25, 0.3) is 0 Å². The number of carbonyl (C=O) groups excluding carboxylic acids is 1. The van der Waals surface area contributed by atoms with Gasteiger partial charge in [0.2, 0.25) is 15.9 Å². The molecule has 126 valence electrons. The summed E-state index contributed by atoms with van der Waals surface area (Å²) in [7, 11) is -1.52. The van der Waals surface area contributed by atoms with Crippen molar-refractivity contribution in [3.8, 4) is 0 Å². The van der Waals surface area contributed by atoms with Gasteiger partial charge in [-0.2, -0.15) is 4.31 Å². The molecule has 0 spiro atoms. The van der Waals surface area contributed by atoms with Crippen LogP contribution in [0.2, 0.25) is 0 Å². The number of hydrogen-bond donors (Lipinski definition) is 0. The highest BCUT2D eigenvalue weighted by molar-refractivity contribution is 7.99. The summed E-state index contributed by atoms with van der Waals surface area (Å²) in [6.07, 6.45) is 0. The lowest BCUT2D eigenvalue weighted by atomic mass is 10.2. The fourth-order valence-corrected chi connectivity index (χ4v) is 5.28. The van der Waals surface area contributed by atoms with E-state index in [0.717, 1.165) is 23.7 Å². The Balaban J connectivity index is 1.94. The quantitative estimate of drug-likeness (QED) is 0.795. The molecule has 1 aromatic rings. The summed E-state index contributed by atoms with van der Waals surface area (Å²) in [5.41, 5.74) is 0.712. The minimum absolute atomic E-state index is 0.0549. The summed E-state index contributed by atoms with van der Waals surface area (Å²) in [4.78, 5) is 16.8. The Bertz CT molecular complexity index is 713. The van der Waals surface area contributed by atoms with E-state index < -0.39 is 10.0 Å². The third kappa shape index (κ3) is 3.26. The Morgan fingerprint density at radius 3 is 2.48 bits per heavy atom. The normalized spacial score (nSPS) is 20.3. The molecule has 0 bridgehead atoms. The zero-order valence-corrected chi connectivity index (χ0v) is 15.0. The highest BCUT2D eigenvalue weighted by atomic mass is 32.2. The van der Waals surface area contributed by atoms with E-state index in [1.54, 1.807) is 28.8 Å². The molecular formula is C15H21N3O3S2. The molecule has 0 N–H and O–H groups in total. The van der Waals surface area contributed by atoms with Crippen molar-refractivity contribution in [3.63, 3.8) is 0 Å². The summed E-state index contributed by atoms with van der Waals surface area (Å²) < 4.78 is 27.2. The first-order valence-corrected chi connectivity index (χ1v) is 10.1. The van der Waals surface area contributed by atoms with Crippen LogP contribution in [-0.2, 0) is 14.8 Å². The van der Waals surface area contributed by atoms with Crippen molar-refractivity contribution in [1.82, 2.24) is 9.21 Å². The minimum atomic E-state index is -3.51. The second-order valence-corrected chi connectivity index (χ2v) is 8.93. The van der Waals surface area contributed by atoms with E-state index in [4.69, 9.17) is 0 Å². The van der Waals surface area contributed by atoms with E-state index in [1.807, 2.05) is 13.1 Å². The maximum absolute atomic E-state index is 12.9. The van der Waals surface area contributed by atoms with Crippen molar-refractivity contribution in [3.05, 3.63) is 18.2 Å². The molecule has 1 aromatic carbocycles. The zero-order chi connectivity index (χ0) is 16.6. The molecule has 0 aromatic heterocycles. The van der Waals surface area contributed by atoms with Crippen LogP contribution in [0.1, 0.15) is 6.92 Å². The average molecular weight is 355 g/mol. The van der Waals surface area contributed by atoms with E-state index in [2.05, 4.69) is 4.90 Å². The van der Waals surface area contributed by atoms with Gasteiger partial charge in [-0.05, 0) is 25.2 Å². The molecule has 23 heavy (non-hydrogen) atoms. The number of benzene rings is 1. The summed E-state index contributed by atoms with van der Waals surface area (Å²) in [6, 6.07) is 5.12. The van der Waals surface area contributed by atoms with Crippen LogP contribution < -0.4 is 4.90 Å². The Morgan fingerprint density at radius 2 is 1.83 bits per heavy atom. The van der Waals surface area contributed by atoms with Crippen LogP contribution in [0.5, 0.6) is 0 Å². The van der Waals surface area contributed by atoms with Crippen molar-refractivity contribution in [2.75, 3.05) is 50.4 Å². The van der Waals surface area contributed by atoms with Crippen LogP contribution in [0.3, 0.4) is 0 Å². The largest absolute Gasteiger partial charge is 0.311 e. The van der Waals surface area contributed by atoms with E-state index >= 15 is 0 Å². The molecule has 0 unspecified atom stereocenters. The van der Waals surface area contributed by atoms with Crippen molar-refractivity contribution in [2.24, 2.45) is 0 Å². The summed E-state index contributed by atoms with van der Waals surface area (Å²) >= 11 is 1.66. The number of likely N-dealkylation sites (N-methyl/N-ethyl adjacent to an activating group) is 1. The summed E-state index contributed by atoms with van der Waals surface area (Å²) in [5, 5.41) is 0. The Labute approximate surface area is 141 Å². The predicted molar refractivity (Wildman–Crippen MR) is 91.4 cm³/mol. The van der Waals surface area contributed by atoms with Crippen molar-refractivity contribution in [1.29, 1.82) is 0 Å². The van der Waals surface area contributed by atoms with Gasteiger partial charge in [0.25, 0.3) is 0 Å². The maximum atomic E-state index is 12.9. The van der Waals surface area contributed by atoms with Crippen LogP contribution in [0.4, 0.5) is 5.69 Å². The van der Waals surface area contributed by atoms with Crippen LogP contribution >= 0.6 is 11.8 Å². The van der Waals surface area contributed by atoms with E-state index in [0.29, 0.717) is 25.3 Å². The topological polar surface area (TPSA) is 60.9 Å². The lowest BCUT2D eigenvalue weighted by Crippen LogP contribution is -2.47. The van der Waals surface area contributed by atoms with Gasteiger partial charge in [-0.1, -0.05) is 0 Å². The van der Waals surface area contributed by atoms with Gasteiger partial charge in [0.1, 0.15) is 0 Å².